The first-order valence-electron chi connectivity index (χ1n) is 7.22. The Morgan fingerprint density at radius 1 is 1.39 bits per heavy atom. The standard InChI is InChI=1S/C17H19N3O3/c1-4-23-17(21)14-10(2)20-16(19)13(9-18)15(14)11-5-7-12(22-3)8-6-11/h5-8,15,20H,4,19H2,1-3H3. The van der Waals surface area contributed by atoms with E-state index in [-0.39, 0.29) is 12.4 Å². The van der Waals surface area contributed by atoms with Gasteiger partial charge in [-0.3, -0.25) is 0 Å². The van der Waals surface area contributed by atoms with Crippen molar-refractivity contribution in [2.24, 2.45) is 5.73 Å². The lowest BCUT2D eigenvalue weighted by atomic mass is 9.82. The summed E-state index contributed by atoms with van der Waals surface area (Å²) >= 11 is 0. The minimum absolute atomic E-state index is 0.249. The number of nitriles is 1. The molecule has 23 heavy (non-hydrogen) atoms. The van der Waals surface area contributed by atoms with Gasteiger partial charge in [0.1, 0.15) is 11.6 Å². The van der Waals surface area contributed by atoms with Crippen molar-refractivity contribution in [3.05, 3.63) is 52.5 Å². The molecule has 1 unspecified atom stereocenters. The smallest absolute Gasteiger partial charge is 0.336 e. The molecule has 0 saturated carbocycles. The zero-order valence-corrected chi connectivity index (χ0v) is 13.3. The number of benzene rings is 1. The molecule has 1 aromatic carbocycles. The molecule has 0 fully saturated rings. The van der Waals surface area contributed by atoms with Crippen molar-refractivity contribution in [3.8, 4) is 11.8 Å². The van der Waals surface area contributed by atoms with Gasteiger partial charge in [-0.05, 0) is 31.5 Å². The number of dihydropyridines is 1. The Bertz CT molecular complexity index is 712. The third-order valence-electron chi connectivity index (χ3n) is 3.66. The number of methoxy groups -OCH3 is 1. The summed E-state index contributed by atoms with van der Waals surface area (Å²) in [4.78, 5) is 12.4. The molecule has 1 atom stereocenters. The molecule has 3 N–H and O–H groups in total. The molecule has 1 aliphatic heterocycles. The van der Waals surface area contributed by atoms with Crippen LogP contribution in [0.4, 0.5) is 0 Å². The maximum Gasteiger partial charge on any atom is 0.336 e. The van der Waals surface area contributed by atoms with Gasteiger partial charge in [0.2, 0.25) is 0 Å². The molecule has 0 radical (unpaired) electrons. The van der Waals surface area contributed by atoms with Crippen molar-refractivity contribution < 1.29 is 14.3 Å². The summed E-state index contributed by atoms with van der Waals surface area (Å²) in [6.45, 7) is 3.73. The zero-order chi connectivity index (χ0) is 17.0. The number of ether oxygens (including phenoxy) is 2. The van der Waals surface area contributed by atoms with Crippen LogP contribution < -0.4 is 15.8 Å². The second kappa shape index (κ2) is 6.88. The molecule has 0 saturated heterocycles. The van der Waals surface area contributed by atoms with E-state index in [9.17, 15) is 10.1 Å². The quantitative estimate of drug-likeness (QED) is 0.824. The van der Waals surface area contributed by atoms with E-state index in [1.54, 1.807) is 33.1 Å². The third-order valence-corrected chi connectivity index (χ3v) is 3.66. The highest BCUT2D eigenvalue weighted by molar-refractivity contribution is 5.93. The minimum Gasteiger partial charge on any atom is -0.497 e. The van der Waals surface area contributed by atoms with E-state index >= 15 is 0 Å². The van der Waals surface area contributed by atoms with Gasteiger partial charge in [-0.15, -0.1) is 0 Å². The van der Waals surface area contributed by atoms with Crippen molar-refractivity contribution in [2.45, 2.75) is 19.8 Å². The van der Waals surface area contributed by atoms with E-state index in [2.05, 4.69) is 11.4 Å². The van der Waals surface area contributed by atoms with Crippen molar-refractivity contribution in [3.63, 3.8) is 0 Å². The van der Waals surface area contributed by atoms with Gasteiger partial charge in [-0.25, -0.2) is 4.79 Å². The number of nitrogens with one attached hydrogen (secondary N) is 1. The van der Waals surface area contributed by atoms with E-state index < -0.39 is 11.9 Å². The maximum atomic E-state index is 12.4. The lowest BCUT2D eigenvalue weighted by molar-refractivity contribution is -0.138. The summed E-state index contributed by atoms with van der Waals surface area (Å²) < 4.78 is 10.3. The minimum atomic E-state index is -0.564. The van der Waals surface area contributed by atoms with Crippen molar-refractivity contribution in [1.82, 2.24) is 5.32 Å². The van der Waals surface area contributed by atoms with Gasteiger partial charge < -0.3 is 20.5 Å². The largest absolute Gasteiger partial charge is 0.497 e. The SMILES string of the molecule is CCOC(=O)C1=C(C)NC(N)=C(C#N)C1c1ccc(OC)cc1. The number of esters is 1. The molecule has 1 heterocycles. The average molecular weight is 313 g/mol. The Morgan fingerprint density at radius 3 is 2.57 bits per heavy atom. The summed E-state index contributed by atoms with van der Waals surface area (Å²) in [7, 11) is 1.58. The highest BCUT2D eigenvalue weighted by atomic mass is 16.5. The first kappa shape index (κ1) is 16.4. The first-order chi connectivity index (χ1) is 11.0. The van der Waals surface area contributed by atoms with Crippen LogP contribution in [-0.2, 0) is 9.53 Å². The van der Waals surface area contributed by atoms with E-state index in [0.717, 1.165) is 5.56 Å². The number of nitrogens with two attached hydrogens (primary N) is 1. The average Bonchev–Trinajstić information content (AvgIpc) is 2.54. The molecule has 6 heteroatoms. The molecule has 1 aromatic rings. The predicted octanol–water partition coefficient (Wildman–Crippen LogP) is 1.91. The second-order valence-corrected chi connectivity index (χ2v) is 5.03. The number of nitrogens with zero attached hydrogens (tertiary/aromatic N) is 1. The van der Waals surface area contributed by atoms with Gasteiger partial charge >= 0.3 is 5.97 Å². The Labute approximate surface area is 135 Å². The van der Waals surface area contributed by atoms with Crippen molar-refractivity contribution in [1.29, 1.82) is 5.26 Å². The highest BCUT2D eigenvalue weighted by Gasteiger charge is 2.34. The number of carbonyl (C=O) groups excluding carboxylic acids is 1. The number of rotatable bonds is 4. The van der Waals surface area contributed by atoms with Crippen LogP contribution in [0, 0.1) is 11.3 Å². The van der Waals surface area contributed by atoms with Crippen LogP contribution in [0.1, 0.15) is 25.3 Å². The molecule has 2 rings (SSSR count). The molecule has 0 spiro atoms. The molecule has 1 aliphatic rings. The summed E-state index contributed by atoms with van der Waals surface area (Å²) in [5.74, 6) is -0.0832. The molecular formula is C17H19N3O3. The monoisotopic (exact) mass is 313 g/mol. The fourth-order valence-corrected chi connectivity index (χ4v) is 2.59. The molecule has 6 nitrogen and oxygen atoms in total. The van der Waals surface area contributed by atoms with E-state index in [1.807, 2.05) is 12.1 Å². The summed E-state index contributed by atoms with van der Waals surface area (Å²) in [6.07, 6.45) is 0. The van der Waals surface area contributed by atoms with Crippen LogP contribution >= 0.6 is 0 Å². The molecule has 0 aliphatic carbocycles. The topological polar surface area (TPSA) is 97.4 Å². The molecule has 0 bridgehead atoms. The highest BCUT2D eigenvalue weighted by Crippen LogP contribution is 2.37. The van der Waals surface area contributed by atoms with Crippen molar-refractivity contribution in [2.75, 3.05) is 13.7 Å². The summed E-state index contributed by atoms with van der Waals surface area (Å²) in [5.41, 5.74) is 7.98. The van der Waals surface area contributed by atoms with Crippen LogP contribution in [0.25, 0.3) is 0 Å². The number of hydrogen-bond donors (Lipinski definition) is 2. The summed E-state index contributed by atoms with van der Waals surface area (Å²) in [5, 5.41) is 12.4. The Hall–Kier alpha value is -2.94. The predicted molar refractivity (Wildman–Crippen MR) is 85.0 cm³/mol. The molecule has 0 amide bonds. The summed E-state index contributed by atoms with van der Waals surface area (Å²) in [6, 6.07) is 9.28. The molecule has 0 aromatic heterocycles. The number of carbonyl (C=O) groups is 1. The number of allylic oxidation sites excluding steroid dienone is 2. The Balaban J connectivity index is 2.56. The number of hydrogen-bond acceptors (Lipinski definition) is 6. The molecule has 120 valence electrons. The normalized spacial score (nSPS) is 17.4. The van der Waals surface area contributed by atoms with Gasteiger partial charge in [0.15, 0.2) is 0 Å². The van der Waals surface area contributed by atoms with E-state index in [0.29, 0.717) is 22.6 Å². The maximum absolute atomic E-state index is 12.4. The van der Waals surface area contributed by atoms with Crippen LogP contribution in [0.3, 0.4) is 0 Å². The van der Waals surface area contributed by atoms with Gasteiger partial charge in [-0.1, -0.05) is 12.1 Å². The fraction of sp³-hybridized carbons (Fsp3) is 0.294. The third kappa shape index (κ3) is 3.14. The Morgan fingerprint density at radius 2 is 2.04 bits per heavy atom. The van der Waals surface area contributed by atoms with Gasteiger partial charge in [-0.2, -0.15) is 5.26 Å². The van der Waals surface area contributed by atoms with Crippen molar-refractivity contribution >= 4 is 5.97 Å². The van der Waals surface area contributed by atoms with Crippen LogP contribution in [-0.4, -0.2) is 19.7 Å². The van der Waals surface area contributed by atoms with Gasteiger partial charge in [0.05, 0.1) is 36.9 Å². The van der Waals surface area contributed by atoms with Crippen LogP contribution in [0.5, 0.6) is 5.75 Å². The Kier molecular flexibility index (Phi) is 4.91. The fourth-order valence-electron chi connectivity index (χ4n) is 2.59. The van der Waals surface area contributed by atoms with E-state index in [1.165, 1.54) is 0 Å². The van der Waals surface area contributed by atoms with E-state index in [4.69, 9.17) is 15.2 Å². The lowest BCUT2D eigenvalue weighted by Crippen LogP contribution is -2.32. The van der Waals surface area contributed by atoms with Gasteiger partial charge in [0, 0.05) is 5.70 Å². The lowest BCUT2D eigenvalue weighted by Gasteiger charge is -2.28. The van der Waals surface area contributed by atoms with Crippen LogP contribution in [0.15, 0.2) is 46.9 Å². The zero-order valence-electron chi connectivity index (χ0n) is 13.3. The van der Waals surface area contributed by atoms with Gasteiger partial charge in [0.25, 0.3) is 0 Å². The second-order valence-electron chi connectivity index (χ2n) is 5.03. The molecular weight excluding hydrogens is 294 g/mol. The van der Waals surface area contributed by atoms with Crippen LogP contribution in [0.2, 0.25) is 0 Å². The first-order valence-corrected chi connectivity index (χ1v) is 7.22.